The number of nitrogens with zero attached hydrogens (tertiary/aromatic N) is 1. The van der Waals surface area contributed by atoms with Crippen LogP contribution in [-0.4, -0.2) is 40.3 Å². The molecule has 0 atom stereocenters. The zero-order chi connectivity index (χ0) is 21.6. The fourth-order valence-electron chi connectivity index (χ4n) is 4.09. The minimum absolute atomic E-state index is 0.268. The molecule has 0 unspecified atom stereocenters. The number of rotatable bonds is 10. The van der Waals surface area contributed by atoms with E-state index in [0.29, 0.717) is 6.54 Å². The van der Waals surface area contributed by atoms with Crippen molar-refractivity contribution < 1.29 is 19.4 Å². The van der Waals surface area contributed by atoms with Gasteiger partial charge in [-0.2, -0.15) is 0 Å². The van der Waals surface area contributed by atoms with Crippen LogP contribution in [0.1, 0.15) is 64.9 Å². The molecule has 1 aromatic carbocycles. The van der Waals surface area contributed by atoms with Gasteiger partial charge < -0.3 is 24.5 Å². The first-order valence-electron chi connectivity index (χ1n) is 11.2. The van der Waals surface area contributed by atoms with E-state index in [-0.39, 0.29) is 13.2 Å². The highest BCUT2D eigenvalue weighted by atomic mass is 16.7. The lowest BCUT2D eigenvalue weighted by Gasteiger charge is -2.43. The summed E-state index contributed by atoms with van der Waals surface area (Å²) in [7, 11) is 0. The van der Waals surface area contributed by atoms with E-state index in [4.69, 9.17) is 9.47 Å². The maximum atomic E-state index is 11.4. The van der Waals surface area contributed by atoms with Gasteiger partial charge in [0.25, 0.3) is 0 Å². The molecule has 1 aromatic heterocycles. The van der Waals surface area contributed by atoms with Gasteiger partial charge in [-0.1, -0.05) is 51.2 Å². The first kappa shape index (κ1) is 22.6. The molecule has 1 amide bonds. The van der Waals surface area contributed by atoms with Crippen molar-refractivity contribution in [1.82, 2.24) is 9.88 Å². The number of amides is 1. The standard InChI is InChI=1S/C24H36N2O4/c1-4-5-6-7-8-9-10-19-11-12-20-14-26(15-21(20)13-19)16-24(25-22(27)28)17-29-23(2,3)30-18-24/h11-15,25H,4-10,16-18H2,1-3H3,(H,27,28). The molecule has 0 aliphatic carbocycles. The number of aryl methyl sites for hydroxylation is 1. The van der Waals surface area contributed by atoms with E-state index >= 15 is 0 Å². The van der Waals surface area contributed by atoms with Gasteiger partial charge in [0, 0.05) is 18.9 Å². The molecular weight excluding hydrogens is 380 g/mol. The van der Waals surface area contributed by atoms with E-state index in [1.165, 1.54) is 49.5 Å². The summed E-state index contributed by atoms with van der Waals surface area (Å²) in [4.78, 5) is 11.4. The molecule has 30 heavy (non-hydrogen) atoms. The predicted octanol–water partition coefficient (Wildman–Crippen LogP) is 5.33. The monoisotopic (exact) mass is 416 g/mol. The molecule has 0 bridgehead atoms. The minimum Gasteiger partial charge on any atom is -0.465 e. The van der Waals surface area contributed by atoms with Crippen molar-refractivity contribution in [1.29, 1.82) is 0 Å². The lowest BCUT2D eigenvalue weighted by Crippen LogP contribution is -2.62. The SMILES string of the molecule is CCCCCCCCc1ccc2cn(CC3(NC(=O)O)COC(C)(C)OC3)cc2c1. The van der Waals surface area contributed by atoms with Crippen LogP contribution in [0.15, 0.2) is 30.6 Å². The van der Waals surface area contributed by atoms with Crippen LogP contribution in [0.2, 0.25) is 0 Å². The molecule has 1 fully saturated rings. The van der Waals surface area contributed by atoms with Crippen LogP contribution in [0.5, 0.6) is 0 Å². The molecule has 0 radical (unpaired) electrons. The summed E-state index contributed by atoms with van der Waals surface area (Å²) >= 11 is 0. The lowest BCUT2D eigenvalue weighted by molar-refractivity contribution is -0.271. The molecule has 0 spiro atoms. The summed E-state index contributed by atoms with van der Waals surface area (Å²) in [6.45, 7) is 6.92. The number of aromatic nitrogens is 1. The number of unbranched alkanes of at least 4 members (excludes halogenated alkanes) is 5. The number of hydrogen-bond acceptors (Lipinski definition) is 3. The Balaban J connectivity index is 1.64. The van der Waals surface area contributed by atoms with Crippen molar-refractivity contribution in [3.63, 3.8) is 0 Å². The summed E-state index contributed by atoms with van der Waals surface area (Å²) in [6, 6.07) is 6.62. The molecule has 1 aliphatic heterocycles. The van der Waals surface area contributed by atoms with Crippen LogP contribution in [0.4, 0.5) is 4.79 Å². The third-order valence-corrected chi connectivity index (χ3v) is 5.83. The smallest absolute Gasteiger partial charge is 0.405 e. The van der Waals surface area contributed by atoms with Crippen molar-refractivity contribution in [3.8, 4) is 0 Å². The Kier molecular flexibility index (Phi) is 7.42. The Labute approximate surface area is 179 Å². The fourth-order valence-corrected chi connectivity index (χ4v) is 4.09. The van der Waals surface area contributed by atoms with Gasteiger partial charge in [-0.15, -0.1) is 0 Å². The van der Waals surface area contributed by atoms with E-state index in [0.717, 1.165) is 11.8 Å². The number of benzene rings is 1. The largest absolute Gasteiger partial charge is 0.465 e. The topological polar surface area (TPSA) is 72.7 Å². The van der Waals surface area contributed by atoms with Gasteiger partial charge >= 0.3 is 6.09 Å². The van der Waals surface area contributed by atoms with Crippen LogP contribution in [0.3, 0.4) is 0 Å². The van der Waals surface area contributed by atoms with Crippen LogP contribution in [0.25, 0.3) is 10.8 Å². The van der Waals surface area contributed by atoms with Gasteiger partial charge in [0.15, 0.2) is 5.79 Å². The average molecular weight is 417 g/mol. The highest BCUT2D eigenvalue weighted by Crippen LogP contribution is 2.27. The second kappa shape index (κ2) is 9.84. The molecular formula is C24H36N2O4. The molecule has 2 N–H and O–H groups in total. The van der Waals surface area contributed by atoms with Crippen molar-refractivity contribution in [3.05, 3.63) is 36.2 Å². The molecule has 2 aromatic rings. The third-order valence-electron chi connectivity index (χ3n) is 5.83. The molecule has 6 heteroatoms. The molecule has 0 saturated carbocycles. The summed E-state index contributed by atoms with van der Waals surface area (Å²) in [5.41, 5.74) is 0.553. The number of carbonyl (C=O) groups is 1. The van der Waals surface area contributed by atoms with Crippen LogP contribution < -0.4 is 5.32 Å². The lowest BCUT2D eigenvalue weighted by atomic mass is 10.0. The highest BCUT2D eigenvalue weighted by Gasteiger charge is 2.41. The summed E-state index contributed by atoms with van der Waals surface area (Å²) in [5, 5.41) is 14.3. The van der Waals surface area contributed by atoms with Gasteiger partial charge in [0.2, 0.25) is 0 Å². The molecule has 3 rings (SSSR count). The number of ether oxygens (including phenoxy) is 2. The van der Waals surface area contributed by atoms with E-state index in [1.807, 2.05) is 18.4 Å². The Morgan fingerprint density at radius 2 is 1.73 bits per heavy atom. The summed E-state index contributed by atoms with van der Waals surface area (Å²) < 4.78 is 13.6. The quantitative estimate of drug-likeness (QED) is 0.513. The predicted molar refractivity (Wildman–Crippen MR) is 119 cm³/mol. The second-order valence-electron chi connectivity index (χ2n) is 9.10. The van der Waals surface area contributed by atoms with Gasteiger partial charge in [-0.3, -0.25) is 0 Å². The number of hydrogen-bond donors (Lipinski definition) is 2. The molecule has 6 nitrogen and oxygen atoms in total. The van der Waals surface area contributed by atoms with Crippen LogP contribution in [0, 0.1) is 0 Å². The number of fused-ring (bicyclic) bond motifs is 1. The Morgan fingerprint density at radius 3 is 2.43 bits per heavy atom. The summed E-state index contributed by atoms with van der Waals surface area (Å²) in [5.74, 6) is -0.698. The van der Waals surface area contributed by atoms with E-state index in [2.05, 4.69) is 42.8 Å². The fraction of sp³-hybridized carbons (Fsp3) is 0.625. The maximum absolute atomic E-state index is 11.4. The Morgan fingerprint density at radius 1 is 1.07 bits per heavy atom. The second-order valence-corrected chi connectivity index (χ2v) is 9.10. The maximum Gasteiger partial charge on any atom is 0.405 e. The number of nitrogens with one attached hydrogen (secondary N) is 1. The molecule has 2 heterocycles. The van der Waals surface area contributed by atoms with Gasteiger partial charge in [-0.25, -0.2) is 4.79 Å². The first-order valence-corrected chi connectivity index (χ1v) is 11.2. The average Bonchev–Trinajstić information content (AvgIpc) is 3.08. The van der Waals surface area contributed by atoms with E-state index in [1.54, 1.807) is 0 Å². The Bertz CT molecular complexity index is 833. The van der Waals surface area contributed by atoms with Crippen molar-refractivity contribution in [2.75, 3.05) is 13.2 Å². The third kappa shape index (κ3) is 6.22. The van der Waals surface area contributed by atoms with Crippen molar-refractivity contribution in [2.45, 2.75) is 83.6 Å². The zero-order valence-electron chi connectivity index (χ0n) is 18.6. The van der Waals surface area contributed by atoms with Crippen LogP contribution >= 0.6 is 0 Å². The molecule has 1 aliphatic rings. The normalized spacial score (nSPS) is 17.8. The van der Waals surface area contributed by atoms with E-state index in [9.17, 15) is 9.90 Å². The molecule has 166 valence electrons. The minimum atomic E-state index is -1.07. The summed E-state index contributed by atoms with van der Waals surface area (Å²) in [6.07, 6.45) is 12.0. The van der Waals surface area contributed by atoms with Gasteiger partial charge in [0.1, 0.15) is 5.54 Å². The van der Waals surface area contributed by atoms with Crippen LogP contribution in [-0.2, 0) is 22.4 Å². The Hall–Kier alpha value is -2.05. The highest BCUT2D eigenvalue weighted by molar-refractivity contribution is 5.83. The zero-order valence-corrected chi connectivity index (χ0v) is 18.6. The molecule has 1 saturated heterocycles. The van der Waals surface area contributed by atoms with Gasteiger partial charge in [0.05, 0.1) is 13.2 Å². The first-order chi connectivity index (χ1) is 14.3. The van der Waals surface area contributed by atoms with Crippen molar-refractivity contribution >= 4 is 16.9 Å². The number of carboxylic acid groups (broad SMARTS) is 1. The van der Waals surface area contributed by atoms with E-state index < -0.39 is 17.4 Å². The van der Waals surface area contributed by atoms with Crippen molar-refractivity contribution in [2.24, 2.45) is 0 Å². The van der Waals surface area contributed by atoms with Gasteiger partial charge in [-0.05, 0) is 49.1 Å².